The molecule has 2 bridgehead atoms. The van der Waals surface area contributed by atoms with Crippen molar-refractivity contribution in [3.63, 3.8) is 0 Å². The summed E-state index contributed by atoms with van der Waals surface area (Å²) in [6, 6.07) is 8.51. The largest absolute Gasteiger partial charge is 0.0804 e. The molecule has 0 spiro atoms. The van der Waals surface area contributed by atoms with Crippen LogP contribution in [0.3, 0.4) is 0 Å². The van der Waals surface area contributed by atoms with Gasteiger partial charge >= 0.3 is 0 Å². The van der Waals surface area contributed by atoms with E-state index in [1.165, 1.54) is 22.3 Å². The fourth-order valence-corrected chi connectivity index (χ4v) is 2.65. The van der Waals surface area contributed by atoms with E-state index >= 15 is 0 Å². The second-order valence-electron chi connectivity index (χ2n) is 4.84. The molecule has 0 unspecified atom stereocenters. The molecule has 94 valence electrons. The highest BCUT2D eigenvalue weighted by Gasteiger charge is 2.07. The van der Waals surface area contributed by atoms with Crippen molar-refractivity contribution in [2.24, 2.45) is 0 Å². The third-order valence-electron chi connectivity index (χ3n) is 3.38. The van der Waals surface area contributed by atoms with Crippen molar-refractivity contribution in [1.29, 1.82) is 0 Å². The topological polar surface area (TPSA) is 0 Å². The molecule has 0 radical (unpaired) electrons. The van der Waals surface area contributed by atoms with Gasteiger partial charge in [-0.05, 0) is 41.7 Å². The molecule has 0 atom stereocenters. The van der Waals surface area contributed by atoms with Gasteiger partial charge in [0, 0.05) is 4.47 Å². The maximum Gasteiger partial charge on any atom is 0.0175 e. The van der Waals surface area contributed by atoms with Gasteiger partial charge in [-0.3, -0.25) is 0 Å². The van der Waals surface area contributed by atoms with Crippen LogP contribution in [0, 0.1) is 0 Å². The van der Waals surface area contributed by atoms with Crippen molar-refractivity contribution in [3.8, 4) is 0 Å². The van der Waals surface area contributed by atoms with Gasteiger partial charge in [0.25, 0.3) is 0 Å². The molecule has 2 aliphatic carbocycles. The molecule has 1 aromatic rings. The van der Waals surface area contributed by atoms with Gasteiger partial charge in [-0.25, -0.2) is 0 Å². The average molecular weight is 311 g/mol. The predicted molar refractivity (Wildman–Crippen MR) is 85.8 cm³/mol. The number of rotatable bonds is 1. The van der Waals surface area contributed by atoms with Gasteiger partial charge < -0.3 is 0 Å². The molecule has 0 fully saturated rings. The summed E-state index contributed by atoms with van der Waals surface area (Å²) in [5, 5.41) is 0. The molecular formula is C18H15Br. The van der Waals surface area contributed by atoms with Crippen LogP contribution in [0.1, 0.15) is 18.4 Å². The first-order valence-electron chi connectivity index (χ1n) is 6.51. The van der Waals surface area contributed by atoms with Gasteiger partial charge in [0.15, 0.2) is 0 Å². The first-order valence-corrected chi connectivity index (χ1v) is 7.30. The smallest absolute Gasteiger partial charge is 0.0175 e. The van der Waals surface area contributed by atoms with E-state index in [1.54, 1.807) is 0 Å². The SMILES string of the molecule is Brc1ccc(C2=CC=C3/C=C\C=C/CC(=C2)C3)cc1. The molecule has 0 saturated heterocycles. The van der Waals surface area contributed by atoms with Crippen LogP contribution in [-0.4, -0.2) is 0 Å². The Hall–Kier alpha value is -1.60. The first kappa shape index (κ1) is 12.4. The maximum absolute atomic E-state index is 3.49. The molecule has 0 nitrogen and oxygen atoms in total. The van der Waals surface area contributed by atoms with E-state index < -0.39 is 0 Å². The van der Waals surface area contributed by atoms with Gasteiger partial charge in [-0.15, -0.1) is 0 Å². The summed E-state index contributed by atoms with van der Waals surface area (Å²) in [4.78, 5) is 0. The van der Waals surface area contributed by atoms with Crippen LogP contribution in [0.2, 0.25) is 0 Å². The van der Waals surface area contributed by atoms with Crippen molar-refractivity contribution >= 4 is 21.5 Å². The zero-order valence-corrected chi connectivity index (χ0v) is 12.2. The van der Waals surface area contributed by atoms with Crippen LogP contribution in [-0.2, 0) is 0 Å². The Bertz CT molecular complexity index is 622. The number of hydrogen-bond donors (Lipinski definition) is 0. The van der Waals surface area contributed by atoms with Crippen LogP contribution < -0.4 is 0 Å². The van der Waals surface area contributed by atoms with E-state index in [1.807, 2.05) is 0 Å². The Morgan fingerprint density at radius 3 is 2.63 bits per heavy atom. The Morgan fingerprint density at radius 1 is 0.947 bits per heavy atom. The molecule has 0 N–H and O–H groups in total. The Morgan fingerprint density at radius 2 is 1.79 bits per heavy atom. The molecule has 0 saturated carbocycles. The third kappa shape index (κ3) is 3.05. The summed E-state index contributed by atoms with van der Waals surface area (Å²) < 4.78 is 1.12. The lowest BCUT2D eigenvalue weighted by molar-refractivity contribution is 1.07. The van der Waals surface area contributed by atoms with Crippen molar-refractivity contribution in [2.45, 2.75) is 12.8 Å². The zero-order valence-electron chi connectivity index (χ0n) is 10.6. The van der Waals surface area contributed by atoms with Gasteiger partial charge in [0.05, 0.1) is 0 Å². The van der Waals surface area contributed by atoms with Crippen LogP contribution >= 0.6 is 15.9 Å². The second-order valence-corrected chi connectivity index (χ2v) is 5.76. The minimum absolute atomic E-state index is 1.04. The molecule has 3 rings (SSSR count). The van der Waals surface area contributed by atoms with E-state index in [2.05, 4.69) is 82.7 Å². The third-order valence-corrected chi connectivity index (χ3v) is 3.91. The minimum atomic E-state index is 1.04. The second kappa shape index (κ2) is 5.58. The Balaban J connectivity index is 2.02. The zero-order chi connectivity index (χ0) is 13.1. The van der Waals surface area contributed by atoms with E-state index in [0.29, 0.717) is 0 Å². The summed E-state index contributed by atoms with van der Waals surface area (Å²) in [7, 11) is 0. The number of halogens is 1. The summed E-state index contributed by atoms with van der Waals surface area (Å²) in [6.45, 7) is 0. The number of hydrogen-bond acceptors (Lipinski definition) is 0. The van der Waals surface area contributed by atoms with Gasteiger partial charge in [-0.2, -0.15) is 0 Å². The molecule has 2 aliphatic rings. The van der Waals surface area contributed by atoms with E-state index in [-0.39, 0.29) is 0 Å². The lowest BCUT2D eigenvalue weighted by Gasteiger charge is -2.07. The van der Waals surface area contributed by atoms with Gasteiger partial charge in [0.1, 0.15) is 0 Å². The van der Waals surface area contributed by atoms with Crippen molar-refractivity contribution < 1.29 is 0 Å². The normalized spacial score (nSPS) is 21.2. The Kier molecular flexibility index (Phi) is 3.65. The molecule has 0 heterocycles. The van der Waals surface area contributed by atoms with Crippen LogP contribution in [0.15, 0.2) is 82.4 Å². The van der Waals surface area contributed by atoms with Crippen molar-refractivity contribution in [3.05, 3.63) is 88.0 Å². The summed E-state index contributed by atoms with van der Waals surface area (Å²) in [5.41, 5.74) is 5.41. The Labute approximate surface area is 122 Å². The van der Waals surface area contributed by atoms with E-state index in [9.17, 15) is 0 Å². The van der Waals surface area contributed by atoms with Crippen LogP contribution in [0.25, 0.3) is 5.57 Å². The maximum atomic E-state index is 3.49. The quantitative estimate of drug-likeness (QED) is 0.633. The number of fused-ring (bicyclic) bond motifs is 2. The summed E-state index contributed by atoms with van der Waals surface area (Å²) in [5.74, 6) is 0. The fourth-order valence-electron chi connectivity index (χ4n) is 2.38. The first-order chi connectivity index (χ1) is 9.31. The van der Waals surface area contributed by atoms with Crippen molar-refractivity contribution in [2.75, 3.05) is 0 Å². The molecule has 1 heteroatoms. The minimum Gasteiger partial charge on any atom is -0.0804 e. The molecule has 0 aromatic heterocycles. The molecule has 0 aliphatic heterocycles. The standard InChI is InChI=1S/C18H15Br/c19-18-10-8-16(9-11-18)17-7-6-14-4-2-1-3-5-15(12-14)13-17/h1-4,6-11,13H,5,12H2/b3-1-,4-2-. The molecule has 19 heavy (non-hydrogen) atoms. The monoisotopic (exact) mass is 310 g/mol. The lowest BCUT2D eigenvalue weighted by atomic mass is 9.98. The van der Waals surface area contributed by atoms with Crippen LogP contribution in [0.5, 0.6) is 0 Å². The molecular weight excluding hydrogens is 296 g/mol. The average Bonchev–Trinajstić information content (AvgIpc) is 2.61. The fraction of sp³-hybridized carbons (Fsp3) is 0.111. The number of benzene rings is 1. The van der Waals surface area contributed by atoms with Gasteiger partial charge in [-0.1, -0.05) is 76.2 Å². The van der Waals surface area contributed by atoms with E-state index in [0.717, 1.165) is 17.3 Å². The summed E-state index contributed by atoms with van der Waals surface area (Å²) >= 11 is 3.49. The highest BCUT2D eigenvalue weighted by atomic mass is 79.9. The summed E-state index contributed by atoms with van der Waals surface area (Å²) in [6.07, 6.45) is 17.6. The van der Waals surface area contributed by atoms with Crippen molar-refractivity contribution in [1.82, 2.24) is 0 Å². The van der Waals surface area contributed by atoms with Gasteiger partial charge in [0.2, 0.25) is 0 Å². The highest BCUT2D eigenvalue weighted by Crippen LogP contribution is 2.28. The number of allylic oxidation sites excluding steroid dienone is 10. The van der Waals surface area contributed by atoms with Crippen LogP contribution in [0.4, 0.5) is 0 Å². The van der Waals surface area contributed by atoms with E-state index in [4.69, 9.17) is 0 Å². The molecule has 1 aromatic carbocycles. The predicted octanol–water partition coefficient (Wildman–Crippen LogP) is 5.61. The lowest BCUT2D eigenvalue weighted by Crippen LogP contribution is -1.87. The highest BCUT2D eigenvalue weighted by molar-refractivity contribution is 9.10. The molecule has 0 amide bonds.